The Morgan fingerprint density at radius 3 is 1.45 bits per heavy atom. The van der Waals surface area contributed by atoms with Crippen LogP contribution in [0, 0.1) is 0 Å². The topological polar surface area (TPSA) is 95.9 Å². The molecule has 0 saturated heterocycles. The van der Waals surface area contributed by atoms with E-state index in [2.05, 4.69) is 62.5 Å². The van der Waals surface area contributed by atoms with Gasteiger partial charge >= 0.3 is 5.97 Å². The lowest BCUT2D eigenvalue weighted by Gasteiger charge is -2.24. The summed E-state index contributed by atoms with van der Waals surface area (Å²) in [4.78, 5) is 26.0. The minimum atomic E-state index is -0.794. The van der Waals surface area contributed by atoms with Gasteiger partial charge in [-0.3, -0.25) is 9.59 Å². The van der Waals surface area contributed by atoms with Crippen LogP contribution in [0.2, 0.25) is 0 Å². The fourth-order valence-electron chi connectivity index (χ4n) is 7.33. The van der Waals surface area contributed by atoms with E-state index in [9.17, 15) is 19.8 Å². The van der Waals surface area contributed by atoms with Gasteiger partial charge in [0.2, 0.25) is 5.91 Å². The van der Waals surface area contributed by atoms with E-state index in [1.54, 1.807) is 0 Å². The zero-order valence-electron chi connectivity index (χ0n) is 37.3. The van der Waals surface area contributed by atoms with Crippen LogP contribution in [0.4, 0.5) is 0 Å². The van der Waals surface area contributed by atoms with E-state index in [1.807, 2.05) is 0 Å². The Labute approximate surface area is 347 Å². The summed E-state index contributed by atoms with van der Waals surface area (Å²) in [6.45, 7) is 6.35. The quantitative estimate of drug-likeness (QED) is 0.0325. The second-order valence-corrected chi connectivity index (χ2v) is 16.5. The van der Waals surface area contributed by atoms with Gasteiger partial charge in [0, 0.05) is 6.42 Å². The molecule has 3 N–H and O–H groups in total. The van der Waals surface area contributed by atoms with E-state index < -0.39 is 18.2 Å². The van der Waals surface area contributed by atoms with E-state index in [4.69, 9.17) is 4.74 Å². The molecular formula is C50H93NO5. The van der Waals surface area contributed by atoms with Crippen molar-refractivity contribution in [3.8, 4) is 0 Å². The van der Waals surface area contributed by atoms with Gasteiger partial charge in [0.25, 0.3) is 0 Å². The maximum absolute atomic E-state index is 13.1. The van der Waals surface area contributed by atoms with Gasteiger partial charge in [0.1, 0.15) is 6.10 Å². The van der Waals surface area contributed by atoms with Crippen LogP contribution in [-0.4, -0.2) is 46.9 Å². The third-order valence-electron chi connectivity index (χ3n) is 11.0. The lowest BCUT2D eigenvalue weighted by molar-refractivity contribution is -0.151. The number of aliphatic hydroxyl groups is 2. The average molecular weight is 788 g/mol. The number of hydrogen-bond donors (Lipinski definition) is 3. The maximum atomic E-state index is 13.1. The zero-order valence-corrected chi connectivity index (χ0v) is 37.3. The molecule has 0 aromatic rings. The van der Waals surface area contributed by atoms with Crippen molar-refractivity contribution in [2.75, 3.05) is 6.61 Å². The number of hydrogen-bond acceptors (Lipinski definition) is 5. The molecule has 0 aromatic carbocycles. The van der Waals surface area contributed by atoms with E-state index in [0.29, 0.717) is 19.3 Å². The Bertz CT molecular complexity index is 930. The fourth-order valence-corrected chi connectivity index (χ4v) is 7.33. The fraction of sp³-hybridized carbons (Fsp3) is 0.840. The number of amides is 1. The molecule has 0 bridgehead atoms. The molecular weight excluding hydrogens is 695 g/mol. The molecule has 3 atom stereocenters. The summed E-state index contributed by atoms with van der Waals surface area (Å²) in [5.74, 6) is -0.508. The molecule has 1 amide bonds. The second kappa shape index (κ2) is 44.2. The van der Waals surface area contributed by atoms with Gasteiger partial charge in [-0.25, -0.2) is 0 Å². The molecule has 328 valence electrons. The highest BCUT2D eigenvalue weighted by Crippen LogP contribution is 2.17. The number of rotatable bonds is 43. The molecule has 6 heteroatoms. The van der Waals surface area contributed by atoms with E-state index in [-0.39, 0.29) is 24.9 Å². The molecule has 6 nitrogen and oxygen atoms in total. The van der Waals surface area contributed by atoms with Crippen LogP contribution in [-0.2, 0) is 14.3 Å². The van der Waals surface area contributed by atoms with Crippen molar-refractivity contribution in [2.24, 2.45) is 0 Å². The Balaban J connectivity index is 4.55. The number of aliphatic hydroxyl groups excluding tert-OH is 2. The van der Waals surface area contributed by atoms with Crippen LogP contribution >= 0.6 is 0 Å². The Morgan fingerprint density at radius 1 is 0.536 bits per heavy atom. The van der Waals surface area contributed by atoms with Crippen molar-refractivity contribution in [3.05, 3.63) is 36.5 Å². The minimum Gasteiger partial charge on any atom is -0.462 e. The molecule has 0 heterocycles. The summed E-state index contributed by atoms with van der Waals surface area (Å²) in [6, 6.07) is -0.709. The van der Waals surface area contributed by atoms with Crippen molar-refractivity contribution in [1.82, 2.24) is 5.32 Å². The van der Waals surface area contributed by atoms with Gasteiger partial charge in [-0.05, 0) is 57.8 Å². The van der Waals surface area contributed by atoms with Gasteiger partial charge in [-0.2, -0.15) is 0 Å². The van der Waals surface area contributed by atoms with Gasteiger partial charge in [-0.15, -0.1) is 0 Å². The minimum absolute atomic E-state index is 0.0546. The summed E-state index contributed by atoms with van der Waals surface area (Å²) in [6.07, 6.45) is 50.6. The van der Waals surface area contributed by atoms with Crippen molar-refractivity contribution < 1.29 is 24.5 Å². The number of allylic oxidation sites excluding steroid dienone is 6. The monoisotopic (exact) mass is 788 g/mol. The Hall–Kier alpha value is -1.92. The number of unbranched alkanes of at least 4 members (excludes halogenated alkanes) is 25. The Kier molecular flexibility index (Phi) is 42.7. The molecule has 3 unspecified atom stereocenters. The maximum Gasteiger partial charge on any atom is 0.306 e. The van der Waals surface area contributed by atoms with E-state index in [0.717, 1.165) is 77.0 Å². The lowest BCUT2D eigenvalue weighted by Crippen LogP contribution is -2.46. The van der Waals surface area contributed by atoms with Crippen LogP contribution in [0.3, 0.4) is 0 Å². The van der Waals surface area contributed by atoms with Crippen LogP contribution < -0.4 is 5.32 Å². The summed E-state index contributed by atoms with van der Waals surface area (Å²) in [7, 11) is 0. The molecule has 0 radical (unpaired) electrons. The van der Waals surface area contributed by atoms with Crippen LogP contribution in [0.25, 0.3) is 0 Å². The third-order valence-corrected chi connectivity index (χ3v) is 11.0. The smallest absolute Gasteiger partial charge is 0.306 e. The standard InChI is InChI=1S/C50H93NO5/c1-4-7-10-13-16-19-22-24-25-26-28-30-33-36-39-42-48(53)47(45-52)51-49(54)44-46(41-38-35-32-29-27-23-20-17-14-11-8-5-2)56-50(55)43-40-37-34-31-21-18-15-12-9-6-3/h8,11,17,20,27,29,46-48,52-53H,4-7,9-10,12-16,18-19,21-26,28,30-45H2,1-3H3,(H,51,54)/b11-8+,20-17+,29-27+. The summed E-state index contributed by atoms with van der Waals surface area (Å²) in [5.41, 5.74) is 0. The molecule has 0 aliphatic carbocycles. The molecule has 0 rings (SSSR count). The number of carbonyl (C=O) groups is 2. The third kappa shape index (κ3) is 38.9. The van der Waals surface area contributed by atoms with Crippen molar-refractivity contribution in [2.45, 2.75) is 264 Å². The molecule has 0 aliphatic rings. The highest BCUT2D eigenvalue weighted by molar-refractivity contribution is 5.77. The van der Waals surface area contributed by atoms with Crippen molar-refractivity contribution in [3.63, 3.8) is 0 Å². The lowest BCUT2D eigenvalue weighted by atomic mass is 10.0. The summed E-state index contributed by atoms with van der Waals surface area (Å²) in [5, 5.41) is 23.7. The summed E-state index contributed by atoms with van der Waals surface area (Å²) >= 11 is 0. The van der Waals surface area contributed by atoms with Gasteiger partial charge < -0.3 is 20.3 Å². The first-order valence-corrected chi connectivity index (χ1v) is 24.2. The molecule has 56 heavy (non-hydrogen) atoms. The molecule has 0 aromatic heterocycles. The molecule has 0 saturated carbocycles. The average Bonchev–Trinajstić information content (AvgIpc) is 3.19. The number of ether oxygens (including phenoxy) is 1. The van der Waals surface area contributed by atoms with Gasteiger partial charge in [0.05, 0.1) is 25.2 Å². The van der Waals surface area contributed by atoms with E-state index in [1.165, 1.54) is 122 Å². The largest absolute Gasteiger partial charge is 0.462 e. The molecule has 0 spiro atoms. The van der Waals surface area contributed by atoms with Crippen molar-refractivity contribution in [1.29, 1.82) is 0 Å². The number of esters is 1. The first-order chi connectivity index (χ1) is 27.5. The highest BCUT2D eigenvalue weighted by atomic mass is 16.5. The predicted molar refractivity (Wildman–Crippen MR) is 241 cm³/mol. The van der Waals surface area contributed by atoms with Crippen LogP contribution in [0.1, 0.15) is 245 Å². The summed E-state index contributed by atoms with van der Waals surface area (Å²) < 4.78 is 5.88. The molecule has 0 fully saturated rings. The first kappa shape index (κ1) is 54.1. The highest BCUT2D eigenvalue weighted by Gasteiger charge is 2.24. The van der Waals surface area contributed by atoms with E-state index >= 15 is 0 Å². The molecule has 0 aliphatic heterocycles. The van der Waals surface area contributed by atoms with Gasteiger partial charge in [0.15, 0.2) is 0 Å². The van der Waals surface area contributed by atoms with Crippen molar-refractivity contribution >= 4 is 11.9 Å². The second-order valence-electron chi connectivity index (χ2n) is 16.5. The Morgan fingerprint density at radius 2 is 0.964 bits per heavy atom. The number of nitrogens with one attached hydrogen (secondary N) is 1. The normalized spacial score (nSPS) is 13.6. The first-order valence-electron chi connectivity index (χ1n) is 24.2. The zero-order chi connectivity index (χ0) is 41.0. The van der Waals surface area contributed by atoms with Gasteiger partial charge in [-0.1, -0.05) is 211 Å². The predicted octanol–water partition coefficient (Wildman–Crippen LogP) is 14.1. The van der Waals surface area contributed by atoms with Crippen LogP contribution in [0.15, 0.2) is 36.5 Å². The SMILES string of the molecule is CC/C=C/C/C=C/C/C=C/CCCCC(CC(=O)NC(CO)C(O)CCCCCCCCCCCCCCCCC)OC(=O)CCCCCCCCCCCC. The van der Waals surface area contributed by atoms with Crippen LogP contribution in [0.5, 0.6) is 0 Å². The number of carbonyl (C=O) groups excluding carboxylic acids is 2.